The van der Waals surface area contributed by atoms with Crippen molar-refractivity contribution in [1.82, 2.24) is 5.32 Å². The van der Waals surface area contributed by atoms with E-state index in [4.69, 9.17) is 9.47 Å². The molecule has 0 saturated carbocycles. The van der Waals surface area contributed by atoms with Gasteiger partial charge >= 0.3 is 12.1 Å². The molecule has 4 aromatic rings. The van der Waals surface area contributed by atoms with Gasteiger partial charge in [-0.3, -0.25) is 0 Å². The molecule has 38 heavy (non-hydrogen) atoms. The Morgan fingerprint density at radius 2 is 1.42 bits per heavy atom. The minimum absolute atomic E-state index is 0.101. The summed E-state index contributed by atoms with van der Waals surface area (Å²) >= 11 is 0. The van der Waals surface area contributed by atoms with E-state index in [0.29, 0.717) is 0 Å². The summed E-state index contributed by atoms with van der Waals surface area (Å²) in [5.41, 5.74) is 4.88. The van der Waals surface area contributed by atoms with Crippen molar-refractivity contribution in [3.05, 3.63) is 102 Å². The minimum Gasteiger partial charge on any atom is -0.488 e. The second-order valence-electron chi connectivity index (χ2n) is 10.5. The first kappa shape index (κ1) is 25.3. The molecule has 4 aromatic carbocycles. The summed E-state index contributed by atoms with van der Waals surface area (Å²) in [6.07, 6.45) is -0.646. The fourth-order valence-corrected chi connectivity index (χ4v) is 5.13. The van der Waals surface area contributed by atoms with Crippen LogP contribution in [0.2, 0.25) is 0 Å². The Balaban J connectivity index is 1.31. The van der Waals surface area contributed by atoms with E-state index in [9.17, 15) is 14.7 Å². The van der Waals surface area contributed by atoms with Gasteiger partial charge in [0.2, 0.25) is 0 Å². The average molecular weight is 510 g/mol. The molecule has 6 nitrogen and oxygen atoms in total. The van der Waals surface area contributed by atoms with Crippen LogP contribution in [0.25, 0.3) is 21.9 Å². The first-order valence-corrected chi connectivity index (χ1v) is 12.8. The fourth-order valence-electron chi connectivity index (χ4n) is 5.13. The predicted octanol–water partition coefficient (Wildman–Crippen LogP) is 6.55. The quantitative estimate of drug-likeness (QED) is 0.295. The van der Waals surface area contributed by atoms with E-state index in [0.717, 1.165) is 44.3 Å². The third-order valence-electron chi connectivity index (χ3n) is 6.75. The SMILES string of the molecule is CC(C)(C)Oc1ccc(CC(NC(=O)OCC2c3ccccc3-c3ccccc32)C(=O)O)c2ccccc12. The van der Waals surface area contributed by atoms with Crippen LogP contribution < -0.4 is 10.1 Å². The monoisotopic (exact) mass is 509 g/mol. The highest BCUT2D eigenvalue weighted by Gasteiger charge is 2.30. The summed E-state index contributed by atoms with van der Waals surface area (Å²) in [5.74, 6) is -0.499. The molecule has 0 radical (unpaired) electrons. The highest BCUT2D eigenvalue weighted by atomic mass is 16.5. The van der Waals surface area contributed by atoms with Crippen molar-refractivity contribution in [2.75, 3.05) is 6.61 Å². The lowest BCUT2D eigenvalue weighted by molar-refractivity contribution is -0.139. The van der Waals surface area contributed by atoms with Gasteiger partial charge in [-0.1, -0.05) is 78.9 Å². The topological polar surface area (TPSA) is 84.9 Å². The Kier molecular flexibility index (Phi) is 6.81. The molecule has 1 amide bonds. The van der Waals surface area contributed by atoms with Gasteiger partial charge in [0.1, 0.15) is 24.0 Å². The molecule has 0 bridgehead atoms. The van der Waals surface area contributed by atoms with Gasteiger partial charge in [0.05, 0.1) is 0 Å². The fraction of sp³-hybridized carbons (Fsp3) is 0.250. The molecule has 5 rings (SSSR count). The van der Waals surface area contributed by atoms with Crippen LogP contribution in [0.15, 0.2) is 84.9 Å². The Bertz CT molecular complexity index is 1460. The second kappa shape index (κ2) is 10.2. The molecule has 0 spiro atoms. The van der Waals surface area contributed by atoms with Gasteiger partial charge in [-0.05, 0) is 60.0 Å². The third-order valence-corrected chi connectivity index (χ3v) is 6.75. The first-order chi connectivity index (χ1) is 18.2. The van der Waals surface area contributed by atoms with Gasteiger partial charge in [0.15, 0.2) is 0 Å². The first-order valence-electron chi connectivity index (χ1n) is 12.8. The van der Waals surface area contributed by atoms with Crippen molar-refractivity contribution in [3.8, 4) is 16.9 Å². The van der Waals surface area contributed by atoms with E-state index in [1.807, 2.05) is 93.6 Å². The zero-order valence-corrected chi connectivity index (χ0v) is 21.7. The number of aliphatic carboxylic acids is 1. The number of alkyl carbamates (subject to hydrolysis) is 1. The van der Waals surface area contributed by atoms with E-state index >= 15 is 0 Å². The third kappa shape index (κ3) is 5.21. The number of carboxylic acid groups (broad SMARTS) is 1. The maximum atomic E-state index is 12.8. The highest BCUT2D eigenvalue weighted by Crippen LogP contribution is 2.44. The average Bonchev–Trinajstić information content (AvgIpc) is 3.21. The number of fused-ring (bicyclic) bond motifs is 4. The number of carbonyl (C=O) groups excluding carboxylic acids is 1. The maximum absolute atomic E-state index is 12.8. The summed E-state index contributed by atoms with van der Waals surface area (Å²) in [6.45, 7) is 6.06. The van der Waals surface area contributed by atoms with Gasteiger partial charge in [-0.2, -0.15) is 0 Å². The van der Waals surface area contributed by atoms with Crippen LogP contribution in [0.4, 0.5) is 4.79 Å². The van der Waals surface area contributed by atoms with E-state index in [2.05, 4.69) is 17.4 Å². The van der Waals surface area contributed by atoms with E-state index < -0.39 is 18.1 Å². The second-order valence-corrected chi connectivity index (χ2v) is 10.5. The van der Waals surface area contributed by atoms with E-state index in [1.165, 1.54) is 0 Å². The van der Waals surface area contributed by atoms with Crippen LogP contribution >= 0.6 is 0 Å². The lowest BCUT2D eigenvalue weighted by Gasteiger charge is -2.23. The largest absolute Gasteiger partial charge is 0.488 e. The molecular weight excluding hydrogens is 478 g/mol. The van der Waals surface area contributed by atoms with E-state index in [-0.39, 0.29) is 24.5 Å². The van der Waals surface area contributed by atoms with Crippen molar-refractivity contribution >= 4 is 22.8 Å². The number of benzene rings is 4. The van der Waals surface area contributed by atoms with Gasteiger partial charge in [-0.25, -0.2) is 9.59 Å². The molecule has 1 aliphatic rings. The minimum atomic E-state index is -1.15. The molecule has 0 heterocycles. The van der Waals surface area contributed by atoms with E-state index in [1.54, 1.807) is 0 Å². The van der Waals surface area contributed by atoms with Crippen molar-refractivity contribution in [2.24, 2.45) is 0 Å². The molecule has 0 aromatic heterocycles. The standard InChI is InChI=1S/C32H31NO5/c1-32(2,3)38-29-17-16-20(21-10-4-9-15-26(21)29)18-28(30(34)35)33-31(36)37-19-27-24-13-7-5-11-22(24)23-12-6-8-14-25(23)27/h4-17,27-28H,18-19H2,1-3H3,(H,33,36)(H,34,35). The zero-order valence-electron chi connectivity index (χ0n) is 21.7. The molecule has 0 fully saturated rings. The molecule has 6 heteroatoms. The molecule has 1 atom stereocenters. The predicted molar refractivity (Wildman–Crippen MR) is 148 cm³/mol. The van der Waals surface area contributed by atoms with Gasteiger partial charge in [-0.15, -0.1) is 0 Å². The zero-order chi connectivity index (χ0) is 26.9. The van der Waals surface area contributed by atoms with Gasteiger partial charge in [0.25, 0.3) is 0 Å². The lowest BCUT2D eigenvalue weighted by atomic mass is 9.97. The summed E-state index contributed by atoms with van der Waals surface area (Å²) in [5, 5.41) is 14.2. The molecule has 1 unspecified atom stereocenters. The lowest BCUT2D eigenvalue weighted by Crippen LogP contribution is -2.43. The Morgan fingerprint density at radius 3 is 2.03 bits per heavy atom. The molecule has 194 valence electrons. The van der Waals surface area contributed by atoms with Gasteiger partial charge < -0.3 is 19.9 Å². The number of carboxylic acids is 1. The van der Waals surface area contributed by atoms with Crippen LogP contribution in [0.1, 0.15) is 43.4 Å². The number of carbonyl (C=O) groups is 2. The number of hydrogen-bond acceptors (Lipinski definition) is 4. The molecule has 1 aliphatic carbocycles. The van der Waals surface area contributed by atoms with Crippen LogP contribution in [0.3, 0.4) is 0 Å². The van der Waals surface area contributed by atoms with Crippen molar-refractivity contribution in [1.29, 1.82) is 0 Å². The van der Waals surface area contributed by atoms with Crippen molar-refractivity contribution < 1.29 is 24.2 Å². The number of rotatable bonds is 7. The number of nitrogens with one attached hydrogen (secondary N) is 1. The van der Waals surface area contributed by atoms with Gasteiger partial charge in [0, 0.05) is 17.7 Å². The Hall–Kier alpha value is -4.32. The highest BCUT2D eigenvalue weighted by molar-refractivity contribution is 5.92. The summed E-state index contributed by atoms with van der Waals surface area (Å²) < 4.78 is 11.7. The molecule has 0 aliphatic heterocycles. The normalized spacial score (nSPS) is 13.4. The summed E-state index contributed by atoms with van der Waals surface area (Å²) in [4.78, 5) is 24.9. The number of hydrogen-bond donors (Lipinski definition) is 2. The molecular formula is C32H31NO5. The summed E-state index contributed by atoms with van der Waals surface area (Å²) in [6, 6.07) is 26.4. The Labute approximate surface area is 222 Å². The van der Waals surface area contributed by atoms with Crippen LogP contribution in [0.5, 0.6) is 5.75 Å². The van der Waals surface area contributed by atoms with Crippen LogP contribution in [-0.2, 0) is 16.0 Å². The van der Waals surface area contributed by atoms with Crippen molar-refractivity contribution in [3.63, 3.8) is 0 Å². The van der Waals surface area contributed by atoms with Crippen molar-refractivity contribution in [2.45, 2.75) is 44.8 Å². The maximum Gasteiger partial charge on any atom is 0.407 e. The smallest absolute Gasteiger partial charge is 0.407 e. The Morgan fingerprint density at radius 1 is 0.842 bits per heavy atom. The summed E-state index contributed by atoms with van der Waals surface area (Å²) in [7, 11) is 0. The number of amides is 1. The van der Waals surface area contributed by atoms with Crippen LogP contribution in [0, 0.1) is 0 Å². The number of ether oxygens (including phenoxy) is 2. The van der Waals surface area contributed by atoms with Crippen LogP contribution in [-0.4, -0.2) is 35.4 Å². The molecule has 0 saturated heterocycles. The molecule has 2 N–H and O–H groups in total.